The number of carboxylic acid groups (broad SMARTS) is 1. The maximum absolute atomic E-state index is 15.3. The summed E-state index contributed by atoms with van der Waals surface area (Å²) in [6.45, 7) is 1.06. The summed E-state index contributed by atoms with van der Waals surface area (Å²) in [4.78, 5) is 28.0. The van der Waals surface area contributed by atoms with E-state index in [9.17, 15) is 19.1 Å². The van der Waals surface area contributed by atoms with Crippen molar-refractivity contribution >= 4 is 22.6 Å². The van der Waals surface area contributed by atoms with Crippen LogP contribution in [0.15, 0.2) is 28.5 Å². The Labute approximate surface area is 184 Å². The van der Waals surface area contributed by atoms with Crippen LogP contribution in [0.25, 0.3) is 10.9 Å². The molecule has 0 bridgehead atoms. The second-order valence-corrected chi connectivity index (χ2v) is 8.69. The number of hydrogen-bond donors (Lipinski definition) is 1. The number of anilines is 1. The van der Waals surface area contributed by atoms with Crippen molar-refractivity contribution in [3.8, 4) is 5.75 Å². The maximum atomic E-state index is 15.3. The highest BCUT2D eigenvalue weighted by Gasteiger charge is 2.32. The third kappa shape index (κ3) is 3.97. The third-order valence-electron chi connectivity index (χ3n) is 6.09. The molecule has 0 amide bonds. The highest BCUT2D eigenvalue weighted by molar-refractivity contribution is 5.97. The zero-order chi connectivity index (χ0) is 23.2. The molecule has 0 spiro atoms. The lowest BCUT2D eigenvalue weighted by molar-refractivity contribution is 0.0694. The lowest BCUT2D eigenvalue weighted by Gasteiger charge is -2.32. The van der Waals surface area contributed by atoms with Crippen LogP contribution in [-0.4, -0.2) is 61.4 Å². The van der Waals surface area contributed by atoms with Gasteiger partial charge in [-0.3, -0.25) is 4.79 Å². The van der Waals surface area contributed by atoms with Gasteiger partial charge in [-0.1, -0.05) is 0 Å². The predicted molar refractivity (Wildman–Crippen MR) is 118 cm³/mol. The van der Waals surface area contributed by atoms with Crippen molar-refractivity contribution in [2.24, 2.45) is 0 Å². The fourth-order valence-electron chi connectivity index (χ4n) is 4.39. The smallest absolute Gasteiger partial charge is 0.341 e. The van der Waals surface area contributed by atoms with Crippen LogP contribution in [0.3, 0.4) is 0 Å². The van der Waals surface area contributed by atoms with Gasteiger partial charge in [0.1, 0.15) is 17.1 Å². The van der Waals surface area contributed by atoms with Crippen molar-refractivity contribution in [2.45, 2.75) is 31.7 Å². The molecule has 0 radical (unpaired) electrons. The molecule has 1 saturated carbocycles. The summed E-state index contributed by atoms with van der Waals surface area (Å²) in [7, 11) is 5.02. The van der Waals surface area contributed by atoms with E-state index in [0.717, 1.165) is 24.5 Å². The van der Waals surface area contributed by atoms with Gasteiger partial charge in [-0.15, -0.1) is 0 Å². The number of benzene rings is 1. The summed E-state index contributed by atoms with van der Waals surface area (Å²) >= 11 is 0. The van der Waals surface area contributed by atoms with E-state index in [0.29, 0.717) is 31.4 Å². The zero-order valence-electron chi connectivity index (χ0n) is 18.5. The minimum atomic E-state index is -1.34. The first-order valence-electron chi connectivity index (χ1n) is 10.7. The molecular formula is C23H27F2N3O4. The zero-order valence-corrected chi connectivity index (χ0v) is 18.5. The van der Waals surface area contributed by atoms with Crippen LogP contribution in [0.2, 0.25) is 0 Å². The molecule has 2 aliphatic rings. The molecule has 9 heteroatoms. The lowest BCUT2D eigenvalue weighted by atomic mass is 10.0. The molecule has 7 nitrogen and oxygen atoms in total. The number of likely N-dealkylation sites (N-methyl/N-ethyl adjacent to an activating group) is 1. The number of rotatable bonds is 6. The third-order valence-corrected chi connectivity index (χ3v) is 6.09. The number of carbonyl (C=O) groups is 1. The minimum Gasteiger partial charge on any atom is -0.492 e. The maximum Gasteiger partial charge on any atom is 0.341 e. The molecule has 0 unspecified atom stereocenters. The van der Waals surface area contributed by atoms with Gasteiger partial charge in [-0.05, 0) is 51.4 Å². The Bertz CT molecular complexity index is 1160. The molecule has 32 heavy (non-hydrogen) atoms. The van der Waals surface area contributed by atoms with Crippen molar-refractivity contribution in [3.63, 3.8) is 0 Å². The number of nitrogens with zero attached hydrogens (tertiary/aromatic N) is 3. The van der Waals surface area contributed by atoms with Crippen LogP contribution in [0.5, 0.6) is 5.75 Å². The van der Waals surface area contributed by atoms with E-state index >= 15 is 4.39 Å². The predicted octanol–water partition coefficient (Wildman–Crippen LogP) is 3.57. The van der Waals surface area contributed by atoms with Gasteiger partial charge in [0.15, 0.2) is 11.6 Å². The highest BCUT2D eigenvalue weighted by atomic mass is 19.1. The van der Waals surface area contributed by atoms with E-state index < -0.39 is 17.2 Å². The Morgan fingerprint density at radius 1 is 1.28 bits per heavy atom. The molecule has 1 saturated heterocycles. The average molecular weight is 447 g/mol. The Hall–Kier alpha value is -2.94. The van der Waals surface area contributed by atoms with E-state index in [1.165, 1.54) is 13.3 Å². The molecule has 2 aromatic rings. The molecule has 4 rings (SSSR count). The summed E-state index contributed by atoms with van der Waals surface area (Å²) in [6, 6.07) is 1.15. The first-order valence-corrected chi connectivity index (χ1v) is 10.7. The van der Waals surface area contributed by atoms with Gasteiger partial charge in [-0.2, -0.15) is 0 Å². The first kappa shape index (κ1) is 22.3. The fraction of sp³-hybridized carbons (Fsp3) is 0.478. The van der Waals surface area contributed by atoms with Gasteiger partial charge in [0.2, 0.25) is 5.43 Å². The van der Waals surface area contributed by atoms with Crippen LogP contribution in [0, 0.1) is 5.82 Å². The highest BCUT2D eigenvalue weighted by Crippen LogP contribution is 2.44. The molecule has 1 aromatic heterocycles. The second-order valence-electron chi connectivity index (χ2n) is 8.69. The Morgan fingerprint density at radius 3 is 2.47 bits per heavy atom. The molecule has 1 aliphatic heterocycles. The normalized spacial score (nSPS) is 16.7. The molecule has 172 valence electrons. The van der Waals surface area contributed by atoms with Gasteiger partial charge >= 0.3 is 5.97 Å². The van der Waals surface area contributed by atoms with E-state index in [1.807, 2.05) is 4.90 Å². The van der Waals surface area contributed by atoms with Crippen molar-refractivity contribution in [3.05, 3.63) is 45.3 Å². The number of hydrogen-bond acceptors (Lipinski definition) is 5. The van der Waals surface area contributed by atoms with Gasteiger partial charge in [-0.25, -0.2) is 13.6 Å². The van der Waals surface area contributed by atoms with E-state index in [2.05, 4.69) is 0 Å². The Balaban J connectivity index is 1.81. The summed E-state index contributed by atoms with van der Waals surface area (Å²) in [6.07, 6.45) is 3.95. The molecule has 2 fully saturated rings. The molecule has 2 heterocycles. The summed E-state index contributed by atoms with van der Waals surface area (Å²) in [5.41, 5.74) is 0.243. The number of piperidine rings is 1. The number of ether oxygens (including phenoxy) is 1. The first-order chi connectivity index (χ1) is 15.2. The standard InChI is InChI=1S/C23H27F2N3O4/c1-26(2)12-18(25)13-6-8-27(9-7-13)20-17(24)10-15-19(22(20)32-3)28(14-4-5-14)11-16(21(15)29)23(30)31/h10-11,14H,4-9,12H2,1-3H3,(H,30,31). The topological polar surface area (TPSA) is 75.0 Å². The van der Waals surface area contributed by atoms with Crippen molar-refractivity contribution in [2.75, 3.05) is 45.7 Å². The van der Waals surface area contributed by atoms with Crippen LogP contribution in [0.4, 0.5) is 14.5 Å². The number of carboxylic acids is 1. The summed E-state index contributed by atoms with van der Waals surface area (Å²) in [5.74, 6) is -1.94. The van der Waals surface area contributed by atoms with Crippen molar-refractivity contribution in [1.29, 1.82) is 0 Å². The molecule has 1 N–H and O–H groups in total. The van der Waals surface area contributed by atoms with Crippen molar-refractivity contribution in [1.82, 2.24) is 9.47 Å². The van der Waals surface area contributed by atoms with E-state index in [4.69, 9.17) is 4.74 Å². The van der Waals surface area contributed by atoms with E-state index in [1.54, 1.807) is 23.6 Å². The minimum absolute atomic E-state index is 0.00970. The molecule has 1 aliphatic carbocycles. The van der Waals surface area contributed by atoms with Gasteiger partial charge < -0.3 is 24.2 Å². The fourth-order valence-corrected chi connectivity index (χ4v) is 4.39. The van der Waals surface area contributed by atoms with Crippen molar-refractivity contribution < 1.29 is 23.4 Å². The number of pyridine rings is 1. The SMILES string of the molecule is COc1c(N2CCC(=C(F)CN(C)C)CC2)c(F)cc2c(=O)c(C(=O)O)cn(C3CC3)c12. The molecule has 0 atom stereocenters. The number of fused-ring (bicyclic) bond motifs is 1. The summed E-state index contributed by atoms with van der Waals surface area (Å²) in [5, 5.41) is 9.44. The largest absolute Gasteiger partial charge is 0.492 e. The second kappa shape index (κ2) is 8.54. The van der Waals surface area contributed by atoms with Crippen LogP contribution in [-0.2, 0) is 0 Å². The van der Waals surface area contributed by atoms with Gasteiger partial charge in [0.25, 0.3) is 0 Å². The monoisotopic (exact) mass is 447 g/mol. The average Bonchev–Trinajstić information content (AvgIpc) is 3.58. The molecular weight excluding hydrogens is 420 g/mol. The van der Waals surface area contributed by atoms with Crippen LogP contribution < -0.4 is 15.1 Å². The van der Waals surface area contributed by atoms with E-state index in [-0.39, 0.29) is 40.8 Å². The number of aromatic carboxylic acids is 1. The van der Waals surface area contributed by atoms with Crippen LogP contribution in [0.1, 0.15) is 42.1 Å². The number of methoxy groups -OCH3 is 1. The lowest BCUT2D eigenvalue weighted by Crippen LogP contribution is -2.33. The summed E-state index contributed by atoms with van der Waals surface area (Å²) < 4.78 is 37.1. The molecule has 1 aromatic carbocycles. The quantitative estimate of drug-likeness (QED) is 0.730. The number of halogens is 2. The van der Waals surface area contributed by atoms with Crippen LogP contribution >= 0.6 is 0 Å². The Morgan fingerprint density at radius 2 is 1.94 bits per heavy atom. The van der Waals surface area contributed by atoms with Gasteiger partial charge in [0, 0.05) is 31.9 Å². The number of aromatic nitrogens is 1. The van der Waals surface area contributed by atoms with Gasteiger partial charge in [0.05, 0.1) is 18.0 Å². The Kier molecular flexibility index (Phi) is 5.94.